The summed E-state index contributed by atoms with van der Waals surface area (Å²) in [7, 11) is 2.07. The van der Waals surface area contributed by atoms with Crippen molar-refractivity contribution in [3.8, 4) is 17.2 Å². The molecule has 6 rings (SSSR count). The van der Waals surface area contributed by atoms with Crippen LogP contribution in [0.4, 0.5) is 0 Å². The van der Waals surface area contributed by atoms with Crippen molar-refractivity contribution < 1.29 is 18.7 Å². The summed E-state index contributed by atoms with van der Waals surface area (Å²) in [6.45, 7) is 3.77. The Kier molecular flexibility index (Phi) is 7.19. The van der Waals surface area contributed by atoms with E-state index < -0.39 is 0 Å². The Hall–Kier alpha value is -3.91. The molecule has 1 aliphatic carbocycles. The molecular formula is C32H35N3O5. The van der Waals surface area contributed by atoms with Gasteiger partial charge in [-0.1, -0.05) is 12.8 Å². The topological polar surface area (TPSA) is 108 Å². The zero-order valence-electron chi connectivity index (χ0n) is 23.0. The van der Waals surface area contributed by atoms with Gasteiger partial charge < -0.3 is 24.5 Å². The first kappa shape index (κ1) is 26.3. The molecule has 1 saturated carbocycles. The van der Waals surface area contributed by atoms with E-state index in [1.807, 2.05) is 31.2 Å². The van der Waals surface area contributed by atoms with Crippen LogP contribution in [0.15, 0.2) is 57.9 Å². The standard InChI is InChI=1S/C32H35N3O5/c1-19-13-27-30(36)25-10-9-22(16-28(25)40-31(27)29(14-19)39-24-11-12-35(2)18-24)38-23-8-7-21(34-17-23)15-26(32(33)37)20-5-3-4-6-20/h7-10,13-14,16-17,20,24,26H,3-6,11-12,15,18H2,1-2H3,(H2,33,37). The minimum absolute atomic E-state index is 0.0533. The lowest BCUT2D eigenvalue weighted by atomic mass is 9.86. The molecule has 2 aromatic heterocycles. The predicted molar refractivity (Wildman–Crippen MR) is 154 cm³/mol. The summed E-state index contributed by atoms with van der Waals surface area (Å²) in [4.78, 5) is 32.3. The van der Waals surface area contributed by atoms with Crippen molar-refractivity contribution in [3.05, 3.63) is 70.1 Å². The maximum Gasteiger partial charge on any atom is 0.221 e. The molecule has 3 heterocycles. The minimum atomic E-state index is -0.251. The van der Waals surface area contributed by atoms with Crippen LogP contribution in [0.1, 0.15) is 43.4 Å². The van der Waals surface area contributed by atoms with Crippen molar-refractivity contribution in [3.63, 3.8) is 0 Å². The largest absolute Gasteiger partial charge is 0.485 e. The first-order valence-electron chi connectivity index (χ1n) is 14.1. The number of hydrogen-bond acceptors (Lipinski definition) is 7. The van der Waals surface area contributed by atoms with Crippen LogP contribution in [0.2, 0.25) is 0 Å². The first-order valence-corrected chi connectivity index (χ1v) is 14.1. The van der Waals surface area contributed by atoms with E-state index in [2.05, 4.69) is 16.9 Å². The Bertz CT molecular complexity index is 1610. The number of carbonyl (C=O) groups is 1. The third kappa shape index (κ3) is 5.41. The van der Waals surface area contributed by atoms with E-state index in [4.69, 9.17) is 19.6 Å². The molecule has 2 aliphatic rings. The number of nitrogens with zero attached hydrogens (tertiary/aromatic N) is 2. The summed E-state index contributed by atoms with van der Waals surface area (Å²) in [5.41, 5.74) is 8.26. The van der Waals surface area contributed by atoms with Crippen LogP contribution < -0.4 is 20.6 Å². The fourth-order valence-electron chi connectivity index (χ4n) is 6.18. The fourth-order valence-corrected chi connectivity index (χ4v) is 6.18. The van der Waals surface area contributed by atoms with Crippen LogP contribution in [-0.4, -0.2) is 42.0 Å². The maximum atomic E-state index is 13.4. The average molecular weight is 542 g/mol. The minimum Gasteiger partial charge on any atom is -0.485 e. The third-order valence-corrected chi connectivity index (χ3v) is 8.29. The highest BCUT2D eigenvalue weighted by atomic mass is 16.5. The number of primary amides is 1. The van der Waals surface area contributed by atoms with Gasteiger partial charge in [0.2, 0.25) is 11.3 Å². The Morgan fingerprint density at radius 2 is 1.90 bits per heavy atom. The molecular weight excluding hydrogens is 506 g/mol. The second-order valence-corrected chi connectivity index (χ2v) is 11.4. The van der Waals surface area contributed by atoms with E-state index in [9.17, 15) is 9.59 Å². The Morgan fingerprint density at radius 1 is 1.10 bits per heavy atom. The summed E-state index contributed by atoms with van der Waals surface area (Å²) in [5, 5.41) is 0.990. The molecule has 2 N–H and O–H groups in total. The number of nitrogens with two attached hydrogens (primary N) is 1. The van der Waals surface area contributed by atoms with Crippen molar-refractivity contribution in [2.75, 3.05) is 20.1 Å². The highest BCUT2D eigenvalue weighted by molar-refractivity contribution is 5.93. The van der Waals surface area contributed by atoms with Crippen molar-refractivity contribution in [1.82, 2.24) is 9.88 Å². The fraction of sp³-hybridized carbons (Fsp3) is 0.406. The lowest BCUT2D eigenvalue weighted by Gasteiger charge is -2.19. The van der Waals surface area contributed by atoms with E-state index >= 15 is 0 Å². The molecule has 8 nitrogen and oxygen atoms in total. The van der Waals surface area contributed by atoms with Crippen molar-refractivity contribution in [2.24, 2.45) is 17.6 Å². The monoisotopic (exact) mass is 541 g/mol. The van der Waals surface area contributed by atoms with E-state index in [1.54, 1.807) is 24.4 Å². The summed E-state index contributed by atoms with van der Waals surface area (Å²) in [6, 6.07) is 12.7. The molecule has 2 atom stereocenters. The van der Waals surface area contributed by atoms with Crippen molar-refractivity contribution in [2.45, 2.75) is 51.6 Å². The summed E-state index contributed by atoms with van der Waals surface area (Å²) in [6.07, 6.45) is 7.58. The van der Waals surface area contributed by atoms with Gasteiger partial charge in [-0.25, -0.2) is 0 Å². The molecule has 40 heavy (non-hydrogen) atoms. The number of benzene rings is 2. The lowest BCUT2D eigenvalue weighted by Crippen LogP contribution is -2.30. The number of fused-ring (bicyclic) bond motifs is 2. The lowest BCUT2D eigenvalue weighted by molar-refractivity contribution is -0.123. The second kappa shape index (κ2) is 10.9. The molecule has 0 radical (unpaired) electrons. The summed E-state index contributed by atoms with van der Waals surface area (Å²) >= 11 is 0. The van der Waals surface area contributed by atoms with Gasteiger partial charge >= 0.3 is 0 Å². The van der Waals surface area contributed by atoms with E-state index in [1.165, 1.54) is 0 Å². The van der Waals surface area contributed by atoms with Crippen LogP contribution in [0.5, 0.6) is 17.2 Å². The molecule has 208 valence electrons. The van der Waals surface area contributed by atoms with Gasteiger partial charge in [0.25, 0.3) is 0 Å². The second-order valence-electron chi connectivity index (χ2n) is 11.4. The third-order valence-electron chi connectivity index (χ3n) is 8.29. The van der Waals surface area contributed by atoms with Gasteiger partial charge in [0.15, 0.2) is 11.3 Å². The highest BCUT2D eigenvalue weighted by Crippen LogP contribution is 2.34. The van der Waals surface area contributed by atoms with E-state index in [-0.39, 0.29) is 23.4 Å². The van der Waals surface area contributed by atoms with Gasteiger partial charge in [-0.15, -0.1) is 0 Å². The smallest absolute Gasteiger partial charge is 0.221 e. The number of amides is 1. The number of aryl methyl sites for hydroxylation is 1. The molecule has 0 bridgehead atoms. The molecule has 1 aliphatic heterocycles. The van der Waals surface area contributed by atoms with Crippen LogP contribution in [0.3, 0.4) is 0 Å². The quantitative estimate of drug-likeness (QED) is 0.299. The zero-order chi connectivity index (χ0) is 27.8. The van der Waals surface area contributed by atoms with Gasteiger partial charge in [0.05, 0.1) is 17.0 Å². The summed E-state index contributed by atoms with van der Waals surface area (Å²) in [5.74, 6) is 1.57. The molecule has 0 spiro atoms. The molecule has 2 unspecified atom stereocenters. The van der Waals surface area contributed by atoms with Crippen molar-refractivity contribution >= 4 is 27.8 Å². The normalized spacial score (nSPS) is 18.9. The summed E-state index contributed by atoms with van der Waals surface area (Å²) < 4.78 is 18.7. The van der Waals surface area contributed by atoms with Gasteiger partial charge in [0, 0.05) is 37.2 Å². The van der Waals surface area contributed by atoms with Crippen LogP contribution >= 0.6 is 0 Å². The SMILES string of the molecule is Cc1cc(OC2CCN(C)C2)c2oc3cc(Oc4ccc(CC(C(N)=O)C5CCCC5)nc4)ccc3c(=O)c2c1. The van der Waals surface area contributed by atoms with E-state index in [0.717, 1.165) is 56.5 Å². The number of aromatic nitrogens is 1. The van der Waals surface area contributed by atoms with E-state index in [0.29, 0.717) is 51.5 Å². The van der Waals surface area contributed by atoms with Gasteiger partial charge in [0.1, 0.15) is 23.2 Å². The van der Waals surface area contributed by atoms with Gasteiger partial charge in [-0.2, -0.15) is 0 Å². The highest BCUT2D eigenvalue weighted by Gasteiger charge is 2.29. The number of likely N-dealkylation sites (N-methyl/N-ethyl adjacent to an activating group) is 1. The number of rotatable bonds is 8. The van der Waals surface area contributed by atoms with Gasteiger partial charge in [-0.3, -0.25) is 14.6 Å². The number of pyridine rings is 1. The Morgan fingerprint density at radius 3 is 2.60 bits per heavy atom. The van der Waals surface area contributed by atoms with Crippen LogP contribution in [0, 0.1) is 18.8 Å². The predicted octanol–water partition coefficient (Wildman–Crippen LogP) is 5.36. The first-order chi connectivity index (χ1) is 19.3. The number of carbonyl (C=O) groups excluding carboxylic acids is 1. The molecule has 2 fully saturated rings. The Balaban J connectivity index is 1.25. The maximum absolute atomic E-state index is 13.4. The van der Waals surface area contributed by atoms with Crippen molar-refractivity contribution in [1.29, 1.82) is 0 Å². The molecule has 2 aromatic carbocycles. The molecule has 1 amide bonds. The van der Waals surface area contributed by atoms with Gasteiger partial charge in [-0.05, 0) is 81.1 Å². The Labute approximate surface area is 233 Å². The molecule has 4 aromatic rings. The molecule has 8 heteroatoms. The number of likely N-dealkylation sites (tertiary alicyclic amines) is 1. The molecule has 1 saturated heterocycles. The number of hydrogen-bond donors (Lipinski definition) is 1. The zero-order valence-corrected chi connectivity index (χ0v) is 23.0. The van der Waals surface area contributed by atoms with Crippen LogP contribution in [0.25, 0.3) is 21.9 Å². The van der Waals surface area contributed by atoms with Crippen LogP contribution in [-0.2, 0) is 11.2 Å². The number of ether oxygens (including phenoxy) is 2. The average Bonchev–Trinajstić information content (AvgIpc) is 3.61.